The molecule has 27 heavy (non-hydrogen) atoms. The Balaban J connectivity index is 1.49. The molecule has 2 aliphatic rings. The van der Waals surface area contributed by atoms with E-state index in [0.717, 1.165) is 33.5 Å². The first-order chi connectivity index (χ1) is 13.2. The van der Waals surface area contributed by atoms with Crippen molar-refractivity contribution in [1.82, 2.24) is 15.0 Å². The van der Waals surface area contributed by atoms with Crippen molar-refractivity contribution in [3.05, 3.63) is 41.4 Å². The molecule has 0 radical (unpaired) electrons. The van der Waals surface area contributed by atoms with Gasteiger partial charge < -0.3 is 19.4 Å². The van der Waals surface area contributed by atoms with Crippen LogP contribution in [-0.2, 0) is 20.7 Å². The van der Waals surface area contributed by atoms with Crippen LogP contribution in [0.15, 0.2) is 30.7 Å². The van der Waals surface area contributed by atoms with Gasteiger partial charge in [0.05, 0.1) is 55.3 Å². The summed E-state index contributed by atoms with van der Waals surface area (Å²) in [4.78, 5) is 26.2. The van der Waals surface area contributed by atoms with Crippen molar-refractivity contribution in [2.45, 2.75) is 12.5 Å². The van der Waals surface area contributed by atoms with E-state index in [1.807, 2.05) is 12.1 Å². The standard InChI is InChI=1S/C19H17ClN4O3/c20-15-8-23-19-14(15)3-11(7-22-19)12-4-17-16(21-6-12)5-18(25)24(17)9-13-10-26-1-2-27-13/h3-4,6-8,13H,1-2,5,9-10H2,(H,22,23)/t13-/m0/s1. The highest BCUT2D eigenvalue weighted by Gasteiger charge is 2.31. The fourth-order valence-electron chi connectivity index (χ4n) is 3.56. The van der Waals surface area contributed by atoms with Crippen LogP contribution in [-0.4, -0.2) is 53.3 Å². The molecule has 8 heteroatoms. The number of nitrogens with one attached hydrogen (secondary N) is 1. The van der Waals surface area contributed by atoms with Crippen LogP contribution in [0.3, 0.4) is 0 Å². The van der Waals surface area contributed by atoms with Crippen molar-refractivity contribution in [3.63, 3.8) is 0 Å². The van der Waals surface area contributed by atoms with Crippen molar-refractivity contribution in [1.29, 1.82) is 0 Å². The highest BCUT2D eigenvalue weighted by Crippen LogP contribution is 2.33. The Hall–Kier alpha value is -2.48. The van der Waals surface area contributed by atoms with E-state index in [9.17, 15) is 4.79 Å². The van der Waals surface area contributed by atoms with E-state index in [-0.39, 0.29) is 12.0 Å². The van der Waals surface area contributed by atoms with E-state index in [1.54, 1.807) is 23.5 Å². The number of carbonyl (C=O) groups excluding carboxylic acids is 1. The largest absolute Gasteiger partial charge is 0.376 e. The fourth-order valence-corrected chi connectivity index (χ4v) is 3.76. The van der Waals surface area contributed by atoms with Gasteiger partial charge in [0.25, 0.3) is 0 Å². The topological polar surface area (TPSA) is 80.3 Å². The molecule has 2 aliphatic heterocycles. The van der Waals surface area contributed by atoms with Gasteiger partial charge in [0.15, 0.2) is 0 Å². The number of rotatable bonds is 3. The number of aromatic amines is 1. The third-order valence-electron chi connectivity index (χ3n) is 4.94. The Morgan fingerprint density at radius 1 is 1.22 bits per heavy atom. The lowest BCUT2D eigenvalue weighted by Gasteiger charge is -2.27. The highest BCUT2D eigenvalue weighted by atomic mass is 35.5. The molecular formula is C19H17ClN4O3. The maximum absolute atomic E-state index is 12.5. The number of fused-ring (bicyclic) bond motifs is 2. The second kappa shape index (κ2) is 6.60. The zero-order chi connectivity index (χ0) is 18.4. The van der Waals surface area contributed by atoms with Gasteiger partial charge in [0, 0.05) is 35.1 Å². The summed E-state index contributed by atoms with van der Waals surface area (Å²) >= 11 is 6.21. The second-order valence-electron chi connectivity index (χ2n) is 6.70. The second-order valence-corrected chi connectivity index (χ2v) is 7.10. The van der Waals surface area contributed by atoms with Crippen LogP contribution in [0, 0.1) is 0 Å². The minimum Gasteiger partial charge on any atom is -0.376 e. The molecule has 1 amide bonds. The van der Waals surface area contributed by atoms with Gasteiger partial charge >= 0.3 is 0 Å². The van der Waals surface area contributed by atoms with Crippen LogP contribution in [0.2, 0.25) is 5.02 Å². The van der Waals surface area contributed by atoms with E-state index >= 15 is 0 Å². The first kappa shape index (κ1) is 16.7. The lowest BCUT2D eigenvalue weighted by atomic mass is 10.1. The van der Waals surface area contributed by atoms with Gasteiger partial charge in [-0.1, -0.05) is 11.6 Å². The van der Waals surface area contributed by atoms with Crippen molar-refractivity contribution in [2.75, 3.05) is 31.3 Å². The number of ether oxygens (including phenoxy) is 2. The number of H-pyrrole nitrogens is 1. The monoisotopic (exact) mass is 384 g/mol. The van der Waals surface area contributed by atoms with Gasteiger partial charge in [-0.2, -0.15) is 0 Å². The summed E-state index contributed by atoms with van der Waals surface area (Å²) in [5.41, 5.74) is 4.14. The van der Waals surface area contributed by atoms with Crippen LogP contribution in [0.1, 0.15) is 5.69 Å². The van der Waals surface area contributed by atoms with Crippen LogP contribution in [0.25, 0.3) is 22.2 Å². The van der Waals surface area contributed by atoms with Crippen molar-refractivity contribution in [3.8, 4) is 11.1 Å². The number of pyridine rings is 2. The molecule has 0 saturated carbocycles. The molecule has 1 saturated heterocycles. The third kappa shape index (κ3) is 2.97. The number of anilines is 1. The molecule has 1 N–H and O–H groups in total. The van der Waals surface area contributed by atoms with Crippen molar-refractivity contribution >= 4 is 34.2 Å². The van der Waals surface area contributed by atoms with Gasteiger partial charge in [-0.25, -0.2) is 4.98 Å². The van der Waals surface area contributed by atoms with E-state index in [1.165, 1.54) is 0 Å². The SMILES string of the molecule is O=C1Cc2ncc(-c3cnc4[nH]cc(Cl)c4c3)cc2N1C[C@H]1COCCO1. The van der Waals surface area contributed by atoms with E-state index in [0.29, 0.717) is 37.8 Å². The average Bonchev–Trinajstić information content (AvgIpc) is 3.22. The van der Waals surface area contributed by atoms with Gasteiger partial charge in [-0.05, 0) is 12.1 Å². The summed E-state index contributed by atoms with van der Waals surface area (Å²) in [5.74, 6) is 0.0334. The van der Waals surface area contributed by atoms with Gasteiger partial charge in [-0.15, -0.1) is 0 Å². The van der Waals surface area contributed by atoms with Gasteiger partial charge in [0.2, 0.25) is 5.91 Å². The number of hydrogen-bond acceptors (Lipinski definition) is 5. The molecule has 3 aromatic heterocycles. The summed E-state index contributed by atoms with van der Waals surface area (Å²) in [6.07, 6.45) is 5.46. The molecule has 5 heterocycles. The van der Waals surface area contributed by atoms with Crippen LogP contribution in [0.4, 0.5) is 5.69 Å². The number of nitrogens with zero attached hydrogens (tertiary/aromatic N) is 3. The zero-order valence-electron chi connectivity index (χ0n) is 14.4. The fraction of sp³-hybridized carbons (Fsp3) is 0.316. The average molecular weight is 385 g/mol. The Kier molecular flexibility index (Phi) is 4.07. The van der Waals surface area contributed by atoms with Gasteiger partial charge in [-0.3, -0.25) is 9.78 Å². The molecule has 0 spiro atoms. The van der Waals surface area contributed by atoms with Crippen LogP contribution >= 0.6 is 11.6 Å². The van der Waals surface area contributed by atoms with E-state index in [2.05, 4.69) is 15.0 Å². The summed E-state index contributed by atoms with van der Waals surface area (Å²) in [6, 6.07) is 3.96. The number of aromatic nitrogens is 3. The molecule has 0 bridgehead atoms. The van der Waals surface area contributed by atoms with E-state index in [4.69, 9.17) is 21.1 Å². The Morgan fingerprint density at radius 3 is 2.93 bits per heavy atom. The maximum atomic E-state index is 12.5. The van der Waals surface area contributed by atoms with Crippen molar-refractivity contribution in [2.24, 2.45) is 0 Å². The summed E-state index contributed by atoms with van der Waals surface area (Å²) in [5, 5.41) is 1.48. The predicted molar refractivity (Wildman–Crippen MR) is 101 cm³/mol. The minimum atomic E-state index is -0.117. The normalized spacial score (nSPS) is 19.7. The molecule has 0 aliphatic carbocycles. The minimum absolute atomic E-state index is 0.0334. The molecule has 5 rings (SSSR count). The van der Waals surface area contributed by atoms with Crippen molar-refractivity contribution < 1.29 is 14.3 Å². The maximum Gasteiger partial charge on any atom is 0.233 e. The predicted octanol–water partition coefficient (Wildman–Crippen LogP) is 2.58. The number of carbonyl (C=O) groups is 1. The summed E-state index contributed by atoms with van der Waals surface area (Å²) < 4.78 is 11.2. The number of halogens is 1. The molecule has 1 fully saturated rings. The smallest absolute Gasteiger partial charge is 0.233 e. The molecular weight excluding hydrogens is 368 g/mol. The lowest BCUT2D eigenvalue weighted by Crippen LogP contribution is -2.41. The summed E-state index contributed by atoms with van der Waals surface area (Å²) in [6.45, 7) is 2.13. The molecule has 1 atom stereocenters. The quantitative estimate of drug-likeness (QED) is 0.750. The molecule has 138 valence electrons. The van der Waals surface area contributed by atoms with Crippen LogP contribution < -0.4 is 4.90 Å². The highest BCUT2D eigenvalue weighted by molar-refractivity contribution is 6.35. The Morgan fingerprint density at radius 2 is 2.07 bits per heavy atom. The molecule has 0 unspecified atom stereocenters. The Labute approximate surface area is 160 Å². The number of amides is 1. The molecule has 3 aromatic rings. The molecule has 0 aromatic carbocycles. The lowest BCUT2D eigenvalue weighted by molar-refractivity contribution is -0.119. The first-order valence-electron chi connectivity index (χ1n) is 8.80. The summed E-state index contributed by atoms with van der Waals surface area (Å²) in [7, 11) is 0. The van der Waals surface area contributed by atoms with Crippen LogP contribution in [0.5, 0.6) is 0 Å². The third-order valence-corrected chi connectivity index (χ3v) is 5.26. The van der Waals surface area contributed by atoms with Gasteiger partial charge in [0.1, 0.15) is 5.65 Å². The Bertz CT molecular complexity index is 1030. The number of hydrogen-bond donors (Lipinski definition) is 1. The first-order valence-corrected chi connectivity index (χ1v) is 9.18. The van der Waals surface area contributed by atoms with E-state index < -0.39 is 0 Å². The zero-order valence-corrected chi connectivity index (χ0v) is 15.2. The molecule has 7 nitrogen and oxygen atoms in total.